The Morgan fingerprint density at radius 3 is 2.56 bits per heavy atom. The van der Waals surface area contributed by atoms with Crippen LogP contribution in [0.25, 0.3) is 0 Å². The number of nitrogens with zero attached hydrogens (tertiary/aromatic N) is 1. The van der Waals surface area contributed by atoms with Crippen LogP contribution >= 0.6 is 0 Å². The molecule has 1 heterocycles. The zero-order valence-electron chi connectivity index (χ0n) is 11.3. The fourth-order valence-corrected chi connectivity index (χ4v) is 2.56. The van der Waals surface area contributed by atoms with Gasteiger partial charge in [-0.05, 0) is 24.0 Å². The number of nitrogens with one attached hydrogen (secondary N) is 1. The summed E-state index contributed by atoms with van der Waals surface area (Å²) in [5.41, 5.74) is 7.01. The highest BCUT2D eigenvalue weighted by Crippen LogP contribution is 2.27. The Bertz CT molecular complexity index is 432. The van der Waals surface area contributed by atoms with Crippen LogP contribution in [-0.2, 0) is 0 Å². The first-order valence-electron chi connectivity index (χ1n) is 6.94. The van der Waals surface area contributed by atoms with E-state index in [4.69, 9.17) is 0 Å². The van der Waals surface area contributed by atoms with Gasteiger partial charge < -0.3 is 0 Å². The summed E-state index contributed by atoms with van der Waals surface area (Å²) in [5, 5.41) is 4.52. The maximum absolute atomic E-state index is 4.52. The summed E-state index contributed by atoms with van der Waals surface area (Å²) in [7, 11) is 0. The number of hydrogen-bond donors (Lipinski definition) is 1. The van der Waals surface area contributed by atoms with E-state index in [-0.39, 0.29) is 0 Å². The molecule has 2 rings (SSSR count). The van der Waals surface area contributed by atoms with E-state index in [1.54, 1.807) is 0 Å². The first kappa shape index (κ1) is 12.9. The summed E-state index contributed by atoms with van der Waals surface area (Å²) in [4.78, 5) is 0. The number of hydrogen-bond acceptors (Lipinski definition) is 2. The molecular weight excluding hydrogens is 220 g/mol. The second-order valence-electron chi connectivity index (χ2n) is 4.80. The van der Waals surface area contributed by atoms with Crippen molar-refractivity contribution in [1.29, 1.82) is 0 Å². The normalized spacial score (nSPS) is 18.9. The standard InChI is InChI=1S/C16H22N2/c1-3-8-14-12-17-18-16(15(14)9-4-2)13-10-6-5-7-11-13/h5-7,10-12,15,17H,3-4,8-9H2,1-2H3. The second kappa shape index (κ2) is 6.39. The van der Waals surface area contributed by atoms with Crippen LogP contribution < -0.4 is 5.43 Å². The molecule has 0 aliphatic carbocycles. The Morgan fingerprint density at radius 2 is 1.89 bits per heavy atom. The summed E-state index contributed by atoms with van der Waals surface area (Å²) in [6.07, 6.45) is 6.81. The number of benzene rings is 1. The van der Waals surface area contributed by atoms with E-state index in [2.05, 4.69) is 60.9 Å². The van der Waals surface area contributed by atoms with E-state index in [0.717, 1.165) is 6.42 Å². The lowest BCUT2D eigenvalue weighted by Crippen LogP contribution is -2.25. The van der Waals surface area contributed by atoms with Crippen molar-refractivity contribution < 1.29 is 0 Å². The molecule has 2 heteroatoms. The molecule has 0 radical (unpaired) electrons. The maximum Gasteiger partial charge on any atom is 0.0751 e. The van der Waals surface area contributed by atoms with Crippen molar-refractivity contribution in [2.75, 3.05) is 0 Å². The Hall–Kier alpha value is -1.57. The van der Waals surface area contributed by atoms with Crippen molar-refractivity contribution >= 4 is 5.71 Å². The summed E-state index contributed by atoms with van der Waals surface area (Å²) in [6, 6.07) is 10.5. The minimum absolute atomic E-state index is 0.485. The highest BCUT2D eigenvalue weighted by atomic mass is 15.3. The lowest BCUT2D eigenvalue weighted by atomic mass is 9.84. The van der Waals surface area contributed by atoms with E-state index in [9.17, 15) is 0 Å². The summed E-state index contributed by atoms with van der Waals surface area (Å²) in [5.74, 6) is 0.485. The van der Waals surface area contributed by atoms with E-state index in [0.29, 0.717) is 5.92 Å². The topological polar surface area (TPSA) is 24.4 Å². The first-order valence-corrected chi connectivity index (χ1v) is 6.94. The summed E-state index contributed by atoms with van der Waals surface area (Å²) >= 11 is 0. The molecule has 0 fully saturated rings. The molecule has 0 amide bonds. The molecule has 1 N–H and O–H groups in total. The molecule has 1 aromatic carbocycles. The molecule has 0 saturated heterocycles. The highest BCUT2D eigenvalue weighted by molar-refractivity contribution is 6.04. The Kier molecular flexibility index (Phi) is 4.57. The lowest BCUT2D eigenvalue weighted by molar-refractivity contribution is 0.628. The Morgan fingerprint density at radius 1 is 1.11 bits per heavy atom. The van der Waals surface area contributed by atoms with Gasteiger partial charge in [0.05, 0.1) is 5.71 Å². The number of allylic oxidation sites excluding steroid dienone is 1. The molecule has 1 aromatic rings. The van der Waals surface area contributed by atoms with Gasteiger partial charge in [-0.15, -0.1) is 0 Å². The van der Waals surface area contributed by atoms with Crippen molar-refractivity contribution in [1.82, 2.24) is 5.43 Å². The maximum atomic E-state index is 4.52. The Labute approximate surface area is 110 Å². The zero-order valence-corrected chi connectivity index (χ0v) is 11.3. The molecule has 0 bridgehead atoms. The van der Waals surface area contributed by atoms with Crippen molar-refractivity contribution in [3.8, 4) is 0 Å². The van der Waals surface area contributed by atoms with E-state index in [1.165, 1.54) is 36.1 Å². The van der Waals surface area contributed by atoms with Gasteiger partial charge in [-0.25, -0.2) is 0 Å². The predicted molar refractivity (Wildman–Crippen MR) is 77.5 cm³/mol. The largest absolute Gasteiger partial charge is 0.286 e. The third-order valence-electron chi connectivity index (χ3n) is 3.40. The van der Waals surface area contributed by atoms with Crippen LogP contribution in [0.15, 0.2) is 47.2 Å². The SMILES string of the molecule is CCCC1=CNN=C(c2ccccc2)C1CCC. The molecule has 1 aliphatic rings. The molecule has 96 valence electrons. The monoisotopic (exact) mass is 242 g/mol. The van der Waals surface area contributed by atoms with Gasteiger partial charge in [0.25, 0.3) is 0 Å². The van der Waals surface area contributed by atoms with E-state index in [1.807, 2.05) is 0 Å². The van der Waals surface area contributed by atoms with Gasteiger partial charge in [-0.1, -0.05) is 57.0 Å². The zero-order chi connectivity index (χ0) is 12.8. The lowest BCUT2D eigenvalue weighted by Gasteiger charge is -2.25. The van der Waals surface area contributed by atoms with Crippen molar-refractivity contribution in [2.45, 2.75) is 39.5 Å². The number of rotatable bonds is 5. The van der Waals surface area contributed by atoms with Gasteiger partial charge in [-0.3, -0.25) is 5.43 Å². The van der Waals surface area contributed by atoms with Crippen LogP contribution in [0, 0.1) is 5.92 Å². The molecule has 1 unspecified atom stereocenters. The molecule has 0 aromatic heterocycles. The molecule has 0 spiro atoms. The molecule has 1 atom stereocenters. The van der Waals surface area contributed by atoms with Crippen LogP contribution in [-0.4, -0.2) is 5.71 Å². The summed E-state index contributed by atoms with van der Waals surface area (Å²) < 4.78 is 0. The quantitative estimate of drug-likeness (QED) is 0.826. The van der Waals surface area contributed by atoms with Gasteiger partial charge in [0.1, 0.15) is 0 Å². The number of hydrazone groups is 1. The predicted octanol–water partition coefficient (Wildman–Crippen LogP) is 4.09. The van der Waals surface area contributed by atoms with Crippen LogP contribution in [0.1, 0.15) is 45.1 Å². The van der Waals surface area contributed by atoms with Gasteiger partial charge in [0.2, 0.25) is 0 Å². The molecule has 1 aliphatic heterocycles. The smallest absolute Gasteiger partial charge is 0.0751 e. The third kappa shape index (κ3) is 2.81. The van der Waals surface area contributed by atoms with E-state index >= 15 is 0 Å². The minimum Gasteiger partial charge on any atom is -0.286 e. The Balaban J connectivity index is 2.26. The molecule has 18 heavy (non-hydrogen) atoms. The fourth-order valence-electron chi connectivity index (χ4n) is 2.56. The third-order valence-corrected chi connectivity index (χ3v) is 3.40. The van der Waals surface area contributed by atoms with Crippen molar-refractivity contribution in [3.63, 3.8) is 0 Å². The molecule has 2 nitrogen and oxygen atoms in total. The van der Waals surface area contributed by atoms with Crippen LogP contribution in [0.5, 0.6) is 0 Å². The fraction of sp³-hybridized carbons (Fsp3) is 0.438. The molecule has 0 saturated carbocycles. The second-order valence-corrected chi connectivity index (χ2v) is 4.80. The minimum atomic E-state index is 0.485. The van der Waals surface area contributed by atoms with Gasteiger partial charge in [-0.2, -0.15) is 5.10 Å². The molecular formula is C16H22N2. The van der Waals surface area contributed by atoms with Crippen LogP contribution in [0.4, 0.5) is 0 Å². The van der Waals surface area contributed by atoms with E-state index < -0.39 is 0 Å². The van der Waals surface area contributed by atoms with Crippen LogP contribution in [0.3, 0.4) is 0 Å². The highest BCUT2D eigenvalue weighted by Gasteiger charge is 2.23. The first-order chi connectivity index (χ1) is 8.86. The van der Waals surface area contributed by atoms with Crippen LogP contribution in [0.2, 0.25) is 0 Å². The van der Waals surface area contributed by atoms with Crippen molar-refractivity contribution in [2.24, 2.45) is 11.0 Å². The average Bonchev–Trinajstić information content (AvgIpc) is 2.42. The van der Waals surface area contributed by atoms with Gasteiger partial charge in [0, 0.05) is 12.1 Å². The average molecular weight is 242 g/mol. The van der Waals surface area contributed by atoms with Crippen molar-refractivity contribution in [3.05, 3.63) is 47.7 Å². The van der Waals surface area contributed by atoms with Gasteiger partial charge in [0.15, 0.2) is 0 Å². The van der Waals surface area contributed by atoms with Gasteiger partial charge >= 0.3 is 0 Å². The summed E-state index contributed by atoms with van der Waals surface area (Å²) in [6.45, 7) is 4.48.